The van der Waals surface area contributed by atoms with Crippen LogP contribution < -0.4 is 5.73 Å². The van der Waals surface area contributed by atoms with Gasteiger partial charge < -0.3 is 10.6 Å². The Hall–Kier alpha value is -0.730. The minimum atomic E-state index is 0.191. The first kappa shape index (κ1) is 9.27. The summed E-state index contributed by atoms with van der Waals surface area (Å²) in [5.74, 6) is 0.191. The van der Waals surface area contributed by atoms with Crippen LogP contribution in [0.3, 0.4) is 0 Å². The minimum absolute atomic E-state index is 0.191. The van der Waals surface area contributed by atoms with Crippen LogP contribution >= 0.6 is 0 Å². The maximum absolute atomic E-state index is 7.13. The lowest BCUT2D eigenvalue weighted by Gasteiger charge is -2.19. The minimum Gasteiger partial charge on any atom is -0.370 e. The number of nitrogens with zero attached hydrogens (tertiary/aromatic N) is 1. The fraction of sp³-hybridized carbons (Fsp3) is 0.857. The molecule has 3 nitrogen and oxygen atoms in total. The topological polar surface area (TPSA) is 53.1 Å². The summed E-state index contributed by atoms with van der Waals surface area (Å²) in [6.45, 7) is 5.91. The van der Waals surface area contributed by atoms with E-state index < -0.39 is 0 Å². The van der Waals surface area contributed by atoms with Crippen molar-refractivity contribution >= 4 is 5.96 Å². The Morgan fingerprint density at radius 1 is 1.50 bits per heavy atom. The van der Waals surface area contributed by atoms with Crippen LogP contribution in [0.5, 0.6) is 0 Å². The molecular formula is C7H17N3. The summed E-state index contributed by atoms with van der Waals surface area (Å²) in [5, 5.41) is 7.13. The van der Waals surface area contributed by atoms with Crippen molar-refractivity contribution in [2.75, 3.05) is 13.1 Å². The lowest BCUT2D eigenvalue weighted by molar-refractivity contribution is 0.421. The van der Waals surface area contributed by atoms with Gasteiger partial charge in [-0.1, -0.05) is 13.3 Å². The fourth-order valence-corrected chi connectivity index (χ4v) is 0.798. The molecule has 0 radical (unpaired) electrons. The third kappa shape index (κ3) is 3.33. The summed E-state index contributed by atoms with van der Waals surface area (Å²) in [6.07, 6.45) is 2.28. The van der Waals surface area contributed by atoms with Gasteiger partial charge in [0, 0.05) is 13.1 Å². The summed E-state index contributed by atoms with van der Waals surface area (Å²) >= 11 is 0. The molecule has 0 aromatic rings. The number of hydrogen-bond donors (Lipinski definition) is 2. The molecule has 0 atom stereocenters. The highest BCUT2D eigenvalue weighted by atomic mass is 15.2. The number of nitrogens with two attached hydrogens (primary N) is 1. The molecule has 0 saturated heterocycles. The van der Waals surface area contributed by atoms with Gasteiger partial charge in [-0.25, -0.2) is 0 Å². The molecule has 3 heteroatoms. The maximum Gasteiger partial charge on any atom is 0.188 e. The summed E-state index contributed by atoms with van der Waals surface area (Å²) < 4.78 is 0. The third-order valence-corrected chi connectivity index (χ3v) is 1.50. The molecule has 0 aromatic carbocycles. The number of nitrogens with one attached hydrogen (secondary N) is 1. The van der Waals surface area contributed by atoms with Crippen LogP contribution in [0.2, 0.25) is 0 Å². The highest BCUT2D eigenvalue weighted by Crippen LogP contribution is 1.92. The van der Waals surface area contributed by atoms with E-state index in [1.807, 2.05) is 11.8 Å². The van der Waals surface area contributed by atoms with Gasteiger partial charge in [0.05, 0.1) is 0 Å². The van der Waals surface area contributed by atoms with Gasteiger partial charge in [0.25, 0.3) is 0 Å². The predicted octanol–water partition coefficient (Wildman–Crippen LogP) is 1.00. The number of unbranched alkanes of at least 4 members (excludes halogenated alkanes) is 1. The van der Waals surface area contributed by atoms with Gasteiger partial charge in [0.2, 0.25) is 0 Å². The van der Waals surface area contributed by atoms with Gasteiger partial charge in [-0.3, -0.25) is 5.41 Å². The Bertz CT molecular complexity index is 101. The van der Waals surface area contributed by atoms with Crippen molar-refractivity contribution in [3.05, 3.63) is 0 Å². The van der Waals surface area contributed by atoms with Crippen LogP contribution in [-0.2, 0) is 0 Å². The molecule has 0 aliphatic heterocycles. The number of rotatable bonds is 4. The molecule has 0 spiro atoms. The SMILES string of the molecule is CCCCN(CC)C(=N)N. The second-order valence-corrected chi connectivity index (χ2v) is 2.32. The Labute approximate surface area is 62.7 Å². The number of hydrogen-bond acceptors (Lipinski definition) is 1. The molecule has 0 rings (SSSR count). The zero-order valence-corrected chi connectivity index (χ0v) is 6.85. The van der Waals surface area contributed by atoms with Gasteiger partial charge in [0.1, 0.15) is 0 Å². The van der Waals surface area contributed by atoms with Gasteiger partial charge in [-0.15, -0.1) is 0 Å². The molecule has 60 valence electrons. The van der Waals surface area contributed by atoms with Gasteiger partial charge >= 0.3 is 0 Å². The summed E-state index contributed by atoms with van der Waals surface area (Å²) in [5.41, 5.74) is 5.30. The first-order valence-electron chi connectivity index (χ1n) is 3.81. The van der Waals surface area contributed by atoms with E-state index in [1.54, 1.807) is 0 Å². The summed E-state index contributed by atoms with van der Waals surface area (Å²) in [7, 11) is 0. The molecule has 0 aromatic heterocycles. The molecule has 0 saturated carbocycles. The zero-order valence-electron chi connectivity index (χ0n) is 6.85. The molecular weight excluding hydrogens is 126 g/mol. The average Bonchev–Trinajstić information content (AvgIpc) is 1.89. The van der Waals surface area contributed by atoms with Crippen LogP contribution in [-0.4, -0.2) is 23.9 Å². The van der Waals surface area contributed by atoms with E-state index in [2.05, 4.69) is 6.92 Å². The van der Waals surface area contributed by atoms with Crippen molar-refractivity contribution in [1.29, 1.82) is 5.41 Å². The summed E-state index contributed by atoms with van der Waals surface area (Å²) in [4.78, 5) is 1.86. The molecule has 0 fully saturated rings. The molecule has 0 aliphatic carbocycles. The largest absolute Gasteiger partial charge is 0.370 e. The summed E-state index contributed by atoms with van der Waals surface area (Å²) in [6, 6.07) is 0. The van der Waals surface area contributed by atoms with Crippen molar-refractivity contribution in [3.63, 3.8) is 0 Å². The van der Waals surface area contributed by atoms with Crippen LogP contribution in [0.1, 0.15) is 26.7 Å². The number of guanidine groups is 1. The van der Waals surface area contributed by atoms with E-state index in [-0.39, 0.29) is 5.96 Å². The second-order valence-electron chi connectivity index (χ2n) is 2.32. The van der Waals surface area contributed by atoms with Crippen molar-refractivity contribution < 1.29 is 0 Å². The van der Waals surface area contributed by atoms with Gasteiger partial charge in [0.15, 0.2) is 5.96 Å². The van der Waals surface area contributed by atoms with Crippen LogP contribution in [0.25, 0.3) is 0 Å². The maximum atomic E-state index is 7.13. The Morgan fingerprint density at radius 3 is 2.40 bits per heavy atom. The van der Waals surface area contributed by atoms with E-state index in [0.29, 0.717) is 0 Å². The Morgan fingerprint density at radius 2 is 2.10 bits per heavy atom. The first-order chi connectivity index (χ1) is 4.72. The molecule has 0 amide bonds. The van der Waals surface area contributed by atoms with Crippen LogP contribution in [0, 0.1) is 5.41 Å². The van der Waals surface area contributed by atoms with E-state index in [4.69, 9.17) is 11.1 Å². The fourth-order valence-electron chi connectivity index (χ4n) is 0.798. The molecule has 10 heavy (non-hydrogen) atoms. The molecule has 3 N–H and O–H groups in total. The van der Waals surface area contributed by atoms with E-state index in [0.717, 1.165) is 25.9 Å². The van der Waals surface area contributed by atoms with Gasteiger partial charge in [-0.05, 0) is 13.3 Å². The normalized spacial score (nSPS) is 9.40. The monoisotopic (exact) mass is 143 g/mol. The lowest BCUT2D eigenvalue weighted by Crippen LogP contribution is -2.36. The average molecular weight is 143 g/mol. The lowest BCUT2D eigenvalue weighted by atomic mass is 10.3. The predicted molar refractivity (Wildman–Crippen MR) is 44.1 cm³/mol. The quantitative estimate of drug-likeness (QED) is 0.455. The second kappa shape index (κ2) is 5.09. The molecule has 0 unspecified atom stereocenters. The molecule has 0 bridgehead atoms. The zero-order chi connectivity index (χ0) is 7.98. The molecule has 0 aliphatic rings. The van der Waals surface area contributed by atoms with Crippen molar-refractivity contribution in [3.8, 4) is 0 Å². The molecule has 0 heterocycles. The van der Waals surface area contributed by atoms with Crippen molar-refractivity contribution in [1.82, 2.24) is 4.90 Å². The van der Waals surface area contributed by atoms with E-state index >= 15 is 0 Å². The van der Waals surface area contributed by atoms with E-state index in [9.17, 15) is 0 Å². The Kier molecular flexibility index (Phi) is 4.72. The highest BCUT2D eigenvalue weighted by Gasteiger charge is 2.00. The van der Waals surface area contributed by atoms with Crippen molar-refractivity contribution in [2.24, 2.45) is 5.73 Å². The van der Waals surface area contributed by atoms with Gasteiger partial charge in [-0.2, -0.15) is 0 Å². The standard InChI is InChI=1S/C7H17N3/c1-3-5-6-10(4-2)7(8)9/h3-6H2,1-2H3,(H3,8,9). The third-order valence-electron chi connectivity index (χ3n) is 1.50. The van der Waals surface area contributed by atoms with Crippen LogP contribution in [0.15, 0.2) is 0 Å². The smallest absolute Gasteiger partial charge is 0.188 e. The van der Waals surface area contributed by atoms with E-state index in [1.165, 1.54) is 0 Å². The first-order valence-corrected chi connectivity index (χ1v) is 3.81. The highest BCUT2D eigenvalue weighted by molar-refractivity contribution is 5.74. The van der Waals surface area contributed by atoms with Crippen molar-refractivity contribution in [2.45, 2.75) is 26.7 Å². The Balaban J connectivity index is 3.50. The van der Waals surface area contributed by atoms with Crippen LogP contribution in [0.4, 0.5) is 0 Å².